The molecular weight excluding hydrogens is 178 g/mol. The van der Waals surface area contributed by atoms with Crippen molar-refractivity contribution in [3.05, 3.63) is 23.2 Å². The molecule has 0 aromatic heterocycles. The summed E-state index contributed by atoms with van der Waals surface area (Å²) < 4.78 is 9.62. The third-order valence-corrected chi connectivity index (χ3v) is 1.49. The second-order valence-electron chi connectivity index (χ2n) is 2.05. The Morgan fingerprint density at radius 1 is 1.33 bits per heavy atom. The van der Waals surface area contributed by atoms with Crippen LogP contribution in [0.5, 0.6) is 11.5 Å². The van der Waals surface area contributed by atoms with E-state index in [-0.39, 0.29) is 0 Å². The minimum atomic E-state index is 0.432. The molecule has 0 atom stereocenters. The van der Waals surface area contributed by atoms with E-state index in [1.807, 2.05) is 0 Å². The van der Waals surface area contributed by atoms with Crippen LogP contribution in [0.1, 0.15) is 0 Å². The Kier molecular flexibility index (Phi) is 3.25. The molecule has 0 fully saturated rings. The normalized spacial score (nSPS) is 9.25. The van der Waals surface area contributed by atoms with E-state index in [1.54, 1.807) is 18.2 Å². The standard InChI is InChI=1S/C7H7BClO3/c1-11-6-2-5(9)3-7(4-6)12-8-10/h2-4,10H,1H3. The Labute approximate surface area is 76.2 Å². The third-order valence-electron chi connectivity index (χ3n) is 1.27. The average Bonchev–Trinajstić information content (AvgIpc) is 2.04. The largest absolute Gasteiger partial charge is 0.569 e. The van der Waals surface area contributed by atoms with Crippen LogP contribution in [-0.4, -0.2) is 19.8 Å². The van der Waals surface area contributed by atoms with Crippen molar-refractivity contribution in [1.29, 1.82) is 0 Å². The van der Waals surface area contributed by atoms with E-state index in [9.17, 15) is 0 Å². The first kappa shape index (κ1) is 9.22. The summed E-state index contributed by atoms with van der Waals surface area (Å²) in [7, 11) is 2.11. The van der Waals surface area contributed by atoms with Crippen molar-refractivity contribution < 1.29 is 14.4 Å². The molecule has 1 N–H and O–H groups in total. The smallest absolute Gasteiger partial charge is 0.537 e. The van der Waals surface area contributed by atoms with Crippen LogP contribution >= 0.6 is 11.6 Å². The molecular formula is C7H7BClO3. The highest BCUT2D eigenvalue weighted by molar-refractivity contribution is 6.31. The van der Waals surface area contributed by atoms with E-state index in [0.717, 1.165) is 0 Å². The number of ether oxygens (including phenoxy) is 1. The molecule has 12 heavy (non-hydrogen) atoms. The highest BCUT2D eigenvalue weighted by Crippen LogP contribution is 2.25. The number of halogens is 1. The van der Waals surface area contributed by atoms with Gasteiger partial charge in [-0.3, -0.25) is 0 Å². The van der Waals surface area contributed by atoms with Crippen LogP contribution in [0.2, 0.25) is 5.02 Å². The highest BCUT2D eigenvalue weighted by atomic mass is 35.5. The molecule has 0 amide bonds. The summed E-state index contributed by atoms with van der Waals surface area (Å²) in [5.74, 6) is 1.02. The Hall–Kier alpha value is -0.865. The molecule has 1 rings (SSSR count). The Morgan fingerprint density at radius 3 is 2.58 bits per heavy atom. The summed E-state index contributed by atoms with van der Waals surface area (Å²) >= 11 is 5.71. The molecule has 1 aromatic rings. The first-order chi connectivity index (χ1) is 5.76. The summed E-state index contributed by atoms with van der Waals surface area (Å²) in [4.78, 5) is 0. The van der Waals surface area contributed by atoms with Crippen LogP contribution in [0, 0.1) is 0 Å². The van der Waals surface area contributed by atoms with Crippen LogP contribution in [0.4, 0.5) is 0 Å². The van der Waals surface area contributed by atoms with Crippen molar-refractivity contribution >= 4 is 19.3 Å². The van der Waals surface area contributed by atoms with Crippen molar-refractivity contribution in [2.45, 2.75) is 0 Å². The van der Waals surface area contributed by atoms with Gasteiger partial charge in [0.2, 0.25) is 0 Å². The maximum atomic E-state index is 8.34. The molecule has 0 heterocycles. The summed E-state index contributed by atoms with van der Waals surface area (Å²) in [6.45, 7) is 0. The van der Waals surface area contributed by atoms with Crippen molar-refractivity contribution in [2.75, 3.05) is 7.11 Å². The van der Waals surface area contributed by atoms with Gasteiger partial charge in [-0.15, -0.1) is 0 Å². The zero-order valence-corrected chi connectivity index (χ0v) is 7.21. The van der Waals surface area contributed by atoms with E-state index >= 15 is 0 Å². The Bertz CT molecular complexity index is 267. The van der Waals surface area contributed by atoms with Gasteiger partial charge in [0.15, 0.2) is 0 Å². The molecule has 3 nitrogen and oxygen atoms in total. The summed E-state index contributed by atoms with van der Waals surface area (Å²) in [6, 6.07) is 4.82. The van der Waals surface area contributed by atoms with E-state index < -0.39 is 0 Å². The van der Waals surface area contributed by atoms with Crippen molar-refractivity contribution in [3.8, 4) is 11.5 Å². The maximum absolute atomic E-state index is 8.34. The van der Waals surface area contributed by atoms with Crippen molar-refractivity contribution in [2.24, 2.45) is 0 Å². The van der Waals surface area contributed by atoms with E-state index in [2.05, 4.69) is 0 Å². The maximum Gasteiger partial charge on any atom is 0.569 e. The van der Waals surface area contributed by atoms with E-state index in [0.29, 0.717) is 24.2 Å². The van der Waals surface area contributed by atoms with Crippen LogP contribution in [-0.2, 0) is 0 Å². The van der Waals surface area contributed by atoms with Crippen LogP contribution in [0.25, 0.3) is 0 Å². The molecule has 63 valence electrons. The van der Waals surface area contributed by atoms with Crippen LogP contribution in [0.15, 0.2) is 18.2 Å². The first-order valence-electron chi connectivity index (χ1n) is 3.23. The predicted octanol–water partition coefficient (Wildman–Crippen LogP) is 1.25. The molecule has 1 radical (unpaired) electrons. The summed E-state index contributed by atoms with van der Waals surface area (Å²) in [5.41, 5.74) is 0. The van der Waals surface area contributed by atoms with Crippen LogP contribution < -0.4 is 9.39 Å². The molecule has 0 bridgehead atoms. The van der Waals surface area contributed by atoms with Gasteiger partial charge in [-0.1, -0.05) is 11.6 Å². The fraction of sp³-hybridized carbons (Fsp3) is 0.143. The molecule has 0 aliphatic rings. The molecule has 0 saturated heterocycles. The monoisotopic (exact) mass is 185 g/mol. The molecule has 0 unspecified atom stereocenters. The lowest BCUT2D eigenvalue weighted by Crippen LogP contribution is -1.99. The van der Waals surface area contributed by atoms with Gasteiger partial charge in [-0.2, -0.15) is 0 Å². The summed E-state index contributed by atoms with van der Waals surface area (Å²) in [6.07, 6.45) is 0. The molecule has 0 saturated carbocycles. The molecule has 5 heteroatoms. The molecule has 0 aliphatic carbocycles. The van der Waals surface area contributed by atoms with Gasteiger partial charge >= 0.3 is 7.69 Å². The first-order valence-corrected chi connectivity index (χ1v) is 3.61. The van der Waals surface area contributed by atoms with Gasteiger partial charge in [0.1, 0.15) is 11.5 Å². The zero-order valence-electron chi connectivity index (χ0n) is 6.45. The van der Waals surface area contributed by atoms with Gasteiger partial charge in [-0.25, -0.2) is 0 Å². The second-order valence-corrected chi connectivity index (χ2v) is 2.49. The molecule has 1 aromatic carbocycles. The molecule has 0 spiro atoms. The zero-order chi connectivity index (χ0) is 8.97. The van der Waals surface area contributed by atoms with Crippen LogP contribution in [0.3, 0.4) is 0 Å². The fourth-order valence-corrected chi connectivity index (χ4v) is 0.999. The Balaban J connectivity index is 2.90. The predicted molar refractivity (Wildman–Crippen MR) is 46.6 cm³/mol. The van der Waals surface area contributed by atoms with Crippen molar-refractivity contribution in [3.63, 3.8) is 0 Å². The number of benzene rings is 1. The van der Waals surface area contributed by atoms with E-state index in [1.165, 1.54) is 7.11 Å². The van der Waals surface area contributed by atoms with Gasteiger partial charge in [0.25, 0.3) is 0 Å². The van der Waals surface area contributed by atoms with Gasteiger partial charge in [0, 0.05) is 11.1 Å². The lowest BCUT2D eigenvalue weighted by Gasteiger charge is -2.04. The number of hydrogen-bond donors (Lipinski definition) is 1. The third kappa shape index (κ3) is 2.32. The van der Waals surface area contributed by atoms with Gasteiger partial charge in [-0.05, 0) is 12.1 Å². The lowest BCUT2D eigenvalue weighted by molar-refractivity contribution is 0.409. The van der Waals surface area contributed by atoms with Gasteiger partial charge < -0.3 is 14.4 Å². The summed E-state index contributed by atoms with van der Waals surface area (Å²) in [5, 5.41) is 8.83. The van der Waals surface area contributed by atoms with Crippen molar-refractivity contribution in [1.82, 2.24) is 0 Å². The number of methoxy groups -OCH3 is 1. The minimum Gasteiger partial charge on any atom is -0.537 e. The highest BCUT2D eigenvalue weighted by Gasteiger charge is 2.00. The Morgan fingerprint density at radius 2 is 2.00 bits per heavy atom. The van der Waals surface area contributed by atoms with E-state index in [4.69, 9.17) is 26.0 Å². The minimum absolute atomic E-state index is 0.432. The topological polar surface area (TPSA) is 38.7 Å². The quantitative estimate of drug-likeness (QED) is 0.721. The second kappa shape index (κ2) is 4.23. The average molecular weight is 185 g/mol. The fourth-order valence-electron chi connectivity index (χ4n) is 0.784. The molecule has 0 aliphatic heterocycles. The SMILES string of the molecule is COc1cc(Cl)cc(O[B]O)c1. The number of hydrogen-bond acceptors (Lipinski definition) is 3. The number of rotatable bonds is 3. The lowest BCUT2D eigenvalue weighted by atomic mass is 10.3. The van der Waals surface area contributed by atoms with Gasteiger partial charge in [0.05, 0.1) is 7.11 Å².